The maximum absolute atomic E-state index is 11.9. The zero-order chi connectivity index (χ0) is 12.8. The van der Waals surface area contributed by atoms with Crippen LogP contribution >= 0.6 is 0 Å². The van der Waals surface area contributed by atoms with Gasteiger partial charge in [-0.25, -0.2) is 4.79 Å². The van der Waals surface area contributed by atoms with Crippen LogP contribution in [-0.4, -0.2) is 66.2 Å². The summed E-state index contributed by atoms with van der Waals surface area (Å²) in [5, 5.41) is 11.0. The van der Waals surface area contributed by atoms with Gasteiger partial charge < -0.3 is 20.2 Å². The monoisotopic (exact) mass is 243 g/mol. The molecular weight excluding hydrogens is 222 g/mol. The molecule has 98 valence electrons. The van der Waals surface area contributed by atoms with E-state index < -0.39 is 5.97 Å². The number of urea groups is 1. The molecule has 1 atom stereocenters. The topological polar surface area (TPSA) is 72.9 Å². The van der Waals surface area contributed by atoms with Crippen molar-refractivity contribution < 1.29 is 14.7 Å². The second-order valence-corrected chi connectivity index (χ2v) is 4.42. The van der Waals surface area contributed by atoms with Crippen LogP contribution in [-0.2, 0) is 4.79 Å². The third-order valence-electron chi connectivity index (χ3n) is 3.02. The fraction of sp³-hybridized carbons (Fsp3) is 0.818. The van der Waals surface area contributed by atoms with Gasteiger partial charge in [-0.2, -0.15) is 0 Å². The standard InChI is InChI=1S/C11H21N3O3/c1-3-9-8-13(2)5-4-6-14(9)11(17)12-7-10(15)16/h9H,3-8H2,1-2H3,(H,12,17)(H,15,16). The Balaban J connectivity index is 2.58. The molecule has 0 saturated carbocycles. The first kappa shape index (κ1) is 13.8. The van der Waals surface area contributed by atoms with Crippen LogP contribution in [0.4, 0.5) is 4.79 Å². The lowest BCUT2D eigenvalue weighted by atomic mass is 10.2. The van der Waals surface area contributed by atoms with Crippen LogP contribution in [0.3, 0.4) is 0 Å². The van der Waals surface area contributed by atoms with Gasteiger partial charge in [0.1, 0.15) is 6.54 Å². The summed E-state index contributed by atoms with van der Waals surface area (Å²) in [4.78, 5) is 26.2. The smallest absolute Gasteiger partial charge is 0.323 e. The molecule has 0 aromatic carbocycles. The Labute approximate surface area is 102 Å². The predicted molar refractivity (Wildman–Crippen MR) is 63.9 cm³/mol. The van der Waals surface area contributed by atoms with E-state index in [1.54, 1.807) is 4.90 Å². The highest BCUT2D eigenvalue weighted by Gasteiger charge is 2.25. The SMILES string of the molecule is CCC1CN(C)CCCN1C(=O)NCC(=O)O. The number of nitrogens with zero attached hydrogens (tertiary/aromatic N) is 2. The van der Waals surface area contributed by atoms with Gasteiger partial charge in [0, 0.05) is 19.1 Å². The van der Waals surface area contributed by atoms with Crippen molar-refractivity contribution in [1.82, 2.24) is 15.1 Å². The van der Waals surface area contributed by atoms with Crippen LogP contribution in [0.2, 0.25) is 0 Å². The molecule has 0 aromatic rings. The molecule has 6 heteroatoms. The van der Waals surface area contributed by atoms with Crippen molar-refractivity contribution in [1.29, 1.82) is 0 Å². The number of aliphatic carboxylic acids is 1. The summed E-state index contributed by atoms with van der Waals surface area (Å²) in [5.74, 6) is -1.02. The Kier molecular flexibility index (Phi) is 5.21. The van der Waals surface area contributed by atoms with Crippen molar-refractivity contribution in [2.45, 2.75) is 25.8 Å². The lowest BCUT2D eigenvalue weighted by Gasteiger charge is -2.30. The summed E-state index contributed by atoms with van der Waals surface area (Å²) in [6.07, 6.45) is 1.80. The lowest BCUT2D eigenvalue weighted by Crippen LogP contribution is -2.49. The molecule has 1 unspecified atom stereocenters. The third kappa shape index (κ3) is 4.22. The number of carboxylic acid groups (broad SMARTS) is 1. The van der Waals surface area contributed by atoms with Crippen molar-refractivity contribution in [2.24, 2.45) is 0 Å². The van der Waals surface area contributed by atoms with Gasteiger partial charge in [0.05, 0.1) is 0 Å². The molecule has 1 rings (SSSR count). The minimum Gasteiger partial charge on any atom is -0.480 e. The molecule has 1 heterocycles. The first-order chi connectivity index (χ1) is 8.04. The van der Waals surface area contributed by atoms with Gasteiger partial charge in [-0.15, -0.1) is 0 Å². The summed E-state index contributed by atoms with van der Waals surface area (Å²) in [7, 11) is 2.04. The summed E-state index contributed by atoms with van der Waals surface area (Å²) in [5.41, 5.74) is 0. The fourth-order valence-corrected chi connectivity index (χ4v) is 2.11. The first-order valence-corrected chi connectivity index (χ1v) is 5.99. The van der Waals surface area contributed by atoms with Crippen LogP contribution in [0.1, 0.15) is 19.8 Å². The molecular formula is C11H21N3O3. The van der Waals surface area contributed by atoms with E-state index in [9.17, 15) is 9.59 Å². The maximum atomic E-state index is 11.9. The Hall–Kier alpha value is -1.30. The van der Waals surface area contributed by atoms with Gasteiger partial charge in [0.15, 0.2) is 0 Å². The average Bonchev–Trinajstić information content (AvgIpc) is 2.47. The quantitative estimate of drug-likeness (QED) is 0.742. The van der Waals surface area contributed by atoms with Crippen LogP contribution in [0.15, 0.2) is 0 Å². The predicted octanol–water partition coefficient (Wildman–Crippen LogP) is 0.197. The zero-order valence-corrected chi connectivity index (χ0v) is 10.5. The van der Waals surface area contributed by atoms with Gasteiger partial charge >= 0.3 is 12.0 Å². The molecule has 2 N–H and O–H groups in total. The molecule has 1 saturated heterocycles. The molecule has 17 heavy (non-hydrogen) atoms. The summed E-state index contributed by atoms with van der Waals surface area (Å²) >= 11 is 0. The van der Waals surface area contributed by atoms with Crippen LogP contribution in [0.25, 0.3) is 0 Å². The van der Waals surface area contributed by atoms with E-state index in [2.05, 4.69) is 10.2 Å². The van der Waals surface area contributed by atoms with E-state index in [1.807, 2.05) is 14.0 Å². The van der Waals surface area contributed by atoms with Crippen molar-refractivity contribution in [3.63, 3.8) is 0 Å². The first-order valence-electron chi connectivity index (χ1n) is 5.99. The largest absolute Gasteiger partial charge is 0.480 e. The van der Waals surface area contributed by atoms with Crippen molar-refractivity contribution in [3.8, 4) is 0 Å². The molecule has 0 aliphatic carbocycles. The summed E-state index contributed by atoms with van der Waals surface area (Å²) in [6, 6.07) is -0.106. The molecule has 2 amide bonds. The second-order valence-electron chi connectivity index (χ2n) is 4.42. The Morgan fingerprint density at radius 3 is 2.71 bits per heavy atom. The number of amides is 2. The number of likely N-dealkylation sites (N-methyl/N-ethyl adjacent to an activating group) is 1. The van der Waals surface area contributed by atoms with Crippen molar-refractivity contribution >= 4 is 12.0 Å². The van der Waals surface area contributed by atoms with Gasteiger partial charge in [-0.05, 0) is 26.4 Å². The molecule has 0 bridgehead atoms. The number of hydrogen-bond donors (Lipinski definition) is 2. The molecule has 0 spiro atoms. The van der Waals surface area contributed by atoms with E-state index in [1.165, 1.54) is 0 Å². The maximum Gasteiger partial charge on any atom is 0.323 e. The highest BCUT2D eigenvalue weighted by Crippen LogP contribution is 2.11. The third-order valence-corrected chi connectivity index (χ3v) is 3.02. The molecule has 1 aliphatic heterocycles. The highest BCUT2D eigenvalue weighted by molar-refractivity contribution is 5.80. The van der Waals surface area contributed by atoms with Gasteiger partial charge in [-0.1, -0.05) is 6.92 Å². The molecule has 0 radical (unpaired) electrons. The Morgan fingerprint density at radius 1 is 1.41 bits per heavy atom. The van der Waals surface area contributed by atoms with Crippen LogP contribution in [0, 0.1) is 0 Å². The van der Waals surface area contributed by atoms with E-state index >= 15 is 0 Å². The van der Waals surface area contributed by atoms with E-state index in [0.29, 0.717) is 6.54 Å². The second kappa shape index (κ2) is 6.44. The minimum atomic E-state index is -1.02. The van der Waals surface area contributed by atoms with Gasteiger partial charge in [0.2, 0.25) is 0 Å². The molecule has 6 nitrogen and oxygen atoms in total. The fourth-order valence-electron chi connectivity index (χ4n) is 2.11. The number of hydrogen-bond acceptors (Lipinski definition) is 3. The number of carbonyl (C=O) groups is 2. The average molecular weight is 243 g/mol. The lowest BCUT2D eigenvalue weighted by molar-refractivity contribution is -0.135. The molecule has 0 aromatic heterocycles. The van der Waals surface area contributed by atoms with Crippen molar-refractivity contribution in [3.05, 3.63) is 0 Å². The van der Waals surface area contributed by atoms with E-state index in [-0.39, 0.29) is 18.6 Å². The zero-order valence-electron chi connectivity index (χ0n) is 10.5. The van der Waals surface area contributed by atoms with E-state index in [4.69, 9.17) is 5.11 Å². The van der Waals surface area contributed by atoms with Crippen molar-refractivity contribution in [2.75, 3.05) is 33.2 Å². The van der Waals surface area contributed by atoms with Crippen LogP contribution < -0.4 is 5.32 Å². The summed E-state index contributed by atoms with van der Waals surface area (Å²) in [6.45, 7) is 4.23. The van der Waals surface area contributed by atoms with Gasteiger partial charge in [-0.3, -0.25) is 4.79 Å². The minimum absolute atomic E-state index is 0.163. The summed E-state index contributed by atoms with van der Waals surface area (Å²) < 4.78 is 0. The van der Waals surface area contributed by atoms with E-state index in [0.717, 1.165) is 25.9 Å². The normalized spacial score (nSPS) is 22.0. The number of rotatable bonds is 3. The molecule has 1 aliphatic rings. The number of nitrogens with one attached hydrogen (secondary N) is 1. The number of carboxylic acids is 1. The van der Waals surface area contributed by atoms with Gasteiger partial charge in [0.25, 0.3) is 0 Å². The molecule has 1 fully saturated rings. The Bertz CT molecular complexity index is 283. The Morgan fingerprint density at radius 2 is 2.12 bits per heavy atom. The number of carbonyl (C=O) groups excluding carboxylic acids is 1. The highest BCUT2D eigenvalue weighted by atomic mass is 16.4. The van der Waals surface area contributed by atoms with Crippen LogP contribution in [0.5, 0.6) is 0 Å².